The molecule has 4 aliphatic heterocycles. The van der Waals surface area contributed by atoms with Crippen molar-refractivity contribution in [1.82, 2.24) is 0 Å². The van der Waals surface area contributed by atoms with E-state index in [0.29, 0.717) is 37.7 Å². The number of hydrogen-bond donors (Lipinski definition) is 12. The van der Waals surface area contributed by atoms with Gasteiger partial charge in [-0.05, 0) is 92.8 Å². The molecule has 30 atom stereocenters. The van der Waals surface area contributed by atoms with Gasteiger partial charge in [0.15, 0.2) is 37.6 Å². The summed E-state index contributed by atoms with van der Waals surface area (Å²) in [5.41, 5.74) is -4.65. The SMILES string of the molecule is CC=C(C)C(=O)OC1C(O)C2(COC(C)=O)C(OC(C)=O)CC3(C)C(=CCC4C5(C)CCC(OC6OC(C(=O)O)C(O)C(OC7OC(O)C(O)CC7OC7OCC(O)C(O)C7O)C6OC6OC(CO)C(O)C(O)C6O)C(C)(C=O)C5CCC43C)C2CC1(C)C. The number of aliphatic carboxylic acids is 1. The minimum Gasteiger partial charge on any atom is -0.479 e. The fourth-order valence-electron chi connectivity index (χ4n) is 17.2. The molecule has 28 heteroatoms. The monoisotopic (exact) mass is 1270 g/mol. The topological polar surface area (TPSA) is 430 Å². The summed E-state index contributed by atoms with van der Waals surface area (Å²) in [6, 6.07) is 0. The van der Waals surface area contributed by atoms with E-state index in [1.165, 1.54) is 13.8 Å². The van der Waals surface area contributed by atoms with E-state index in [1.54, 1.807) is 26.8 Å². The van der Waals surface area contributed by atoms with Crippen LogP contribution in [0.5, 0.6) is 0 Å². The molecule has 0 spiro atoms. The third-order valence-electron chi connectivity index (χ3n) is 22.4. The first-order valence-corrected chi connectivity index (χ1v) is 30.8. The molecule has 9 rings (SSSR count). The maximum absolute atomic E-state index is 14.3. The van der Waals surface area contributed by atoms with Gasteiger partial charge in [-0.1, -0.05) is 59.3 Å². The Balaban J connectivity index is 1.07. The number of aliphatic hydroxyl groups excluding tert-OH is 11. The van der Waals surface area contributed by atoms with Crippen LogP contribution in [0.1, 0.15) is 121 Å². The largest absolute Gasteiger partial charge is 0.479 e. The Kier molecular flexibility index (Phi) is 20.2. The lowest BCUT2D eigenvalue weighted by atomic mass is 9.33. The molecule has 0 bridgehead atoms. The number of carbonyl (C=O) groups is 5. The maximum Gasteiger partial charge on any atom is 0.335 e. The number of aldehydes is 1. The highest BCUT2D eigenvalue weighted by Gasteiger charge is 2.75. The number of aliphatic hydroxyl groups is 11. The van der Waals surface area contributed by atoms with E-state index >= 15 is 0 Å². The molecule has 0 aromatic heterocycles. The second-order valence-corrected chi connectivity index (χ2v) is 27.9. The zero-order valence-electron chi connectivity index (χ0n) is 51.8. The standard InChI is InChI=1S/C61H92O28/c1-11-25(2)50(77)88-48-47(74)61(24-80-26(3)64)29(19-56(48,5)6)28-12-13-35-57(7)16-15-36(58(8,23-63)34(57)14-17-59(35,9)60(28,10)20-37(61)81-27(4)65)84-55-46(87-54-42(72)40(70)39(69)33(21-62)83-54)44(43(73)45(86-55)49(75)76)85-52-32(18-30(66)51(78)89-52)82-53-41(71)38(68)31(67)22-79-53/h11-12,23,29-48,51-55,62,66-74,78H,13-22,24H2,1-10H3,(H,75,76). The molecule has 28 nitrogen and oxygen atoms in total. The molecule has 30 unspecified atom stereocenters. The van der Waals surface area contributed by atoms with E-state index < -0.39 is 223 Å². The highest BCUT2D eigenvalue weighted by atomic mass is 16.8. The minimum absolute atomic E-state index is 0.0912. The zero-order chi connectivity index (χ0) is 65.6. The number of allylic oxidation sites excluding steroid dienone is 3. The second kappa shape index (κ2) is 25.9. The number of carbonyl (C=O) groups excluding carboxylic acids is 4. The molecule has 9 aliphatic rings. The predicted octanol–water partition coefficient (Wildman–Crippen LogP) is -1.09. The average molecular weight is 1270 g/mol. The number of carboxylic acid groups (broad SMARTS) is 1. The van der Waals surface area contributed by atoms with E-state index in [2.05, 4.69) is 26.8 Å². The Morgan fingerprint density at radius 3 is 1.99 bits per heavy atom. The molecule has 89 heavy (non-hydrogen) atoms. The van der Waals surface area contributed by atoms with E-state index in [1.807, 2.05) is 13.8 Å². The Labute approximate surface area is 515 Å². The molecular formula is C61H92O28. The van der Waals surface area contributed by atoms with Gasteiger partial charge in [-0.2, -0.15) is 0 Å². The lowest BCUT2D eigenvalue weighted by molar-refractivity contribution is -0.405. The van der Waals surface area contributed by atoms with Crippen molar-refractivity contribution in [3.63, 3.8) is 0 Å². The summed E-state index contributed by atoms with van der Waals surface area (Å²) in [6.45, 7) is 16.0. The molecular weight excluding hydrogens is 1180 g/mol. The summed E-state index contributed by atoms with van der Waals surface area (Å²) in [4.78, 5) is 67.1. The number of hydrogen-bond acceptors (Lipinski definition) is 27. The summed E-state index contributed by atoms with van der Waals surface area (Å²) in [5.74, 6) is -4.97. The number of esters is 3. The highest BCUT2D eigenvalue weighted by Crippen LogP contribution is 2.76. The van der Waals surface area contributed by atoms with Crippen molar-refractivity contribution in [2.45, 2.75) is 256 Å². The van der Waals surface area contributed by atoms with Gasteiger partial charge >= 0.3 is 23.9 Å². The van der Waals surface area contributed by atoms with Crippen LogP contribution in [0.4, 0.5) is 0 Å². The van der Waals surface area contributed by atoms with Crippen LogP contribution in [0.3, 0.4) is 0 Å². The number of carboxylic acids is 1. The van der Waals surface area contributed by atoms with Gasteiger partial charge < -0.3 is 118 Å². The van der Waals surface area contributed by atoms with E-state index in [4.69, 9.17) is 52.1 Å². The van der Waals surface area contributed by atoms with Crippen molar-refractivity contribution in [3.05, 3.63) is 23.3 Å². The fraction of sp³-hybridized carbons (Fsp3) is 0.852. The quantitative estimate of drug-likeness (QED) is 0.0218. The highest BCUT2D eigenvalue weighted by molar-refractivity contribution is 5.87. The normalized spacial score (nSPS) is 49.7. The van der Waals surface area contributed by atoms with Gasteiger partial charge in [0.1, 0.15) is 104 Å². The van der Waals surface area contributed by atoms with Crippen LogP contribution in [-0.4, -0.2) is 246 Å². The molecule has 0 aromatic carbocycles. The van der Waals surface area contributed by atoms with Crippen molar-refractivity contribution >= 4 is 30.2 Å². The summed E-state index contributed by atoms with van der Waals surface area (Å²) >= 11 is 0. The Hall–Kier alpha value is -3.73. The third-order valence-corrected chi connectivity index (χ3v) is 22.4. The lowest BCUT2D eigenvalue weighted by Crippen LogP contribution is -2.72. The summed E-state index contributed by atoms with van der Waals surface area (Å²) < 4.78 is 66.6. The first-order valence-electron chi connectivity index (χ1n) is 30.8. The summed E-state index contributed by atoms with van der Waals surface area (Å²) in [6.07, 6.45) is -33.0. The molecule has 504 valence electrons. The molecule has 0 aromatic rings. The number of fused-ring (bicyclic) bond motifs is 7. The maximum atomic E-state index is 14.3. The molecule has 8 fully saturated rings. The Morgan fingerprint density at radius 1 is 0.685 bits per heavy atom. The molecule has 4 saturated heterocycles. The van der Waals surface area contributed by atoms with E-state index in [-0.39, 0.29) is 25.4 Å². The third kappa shape index (κ3) is 12.0. The molecule has 0 amide bonds. The molecule has 12 N–H and O–H groups in total. The van der Waals surface area contributed by atoms with E-state index in [0.717, 1.165) is 11.9 Å². The van der Waals surface area contributed by atoms with Gasteiger partial charge in [0.05, 0.1) is 30.1 Å². The van der Waals surface area contributed by atoms with Crippen molar-refractivity contribution in [1.29, 1.82) is 0 Å². The zero-order valence-corrected chi connectivity index (χ0v) is 51.8. The van der Waals surface area contributed by atoms with Crippen molar-refractivity contribution in [2.75, 3.05) is 19.8 Å². The average Bonchev–Trinajstić information content (AvgIpc) is 0.671. The molecule has 4 heterocycles. The van der Waals surface area contributed by atoms with Crippen molar-refractivity contribution in [2.24, 2.45) is 50.2 Å². The van der Waals surface area contributed by atoms with Crippen LogP contribution in [0.2, 0.25) is 0 Å². The fourth-order valence-corrected chi connectivity index (χ4v) is 17.2. The van der Waals surface area contributed by atoms with Crippen LogP contribution in [0.25, 0.3) is 0 Å². The van der Waals surface area contributed by atoms with Gasteiger partial charge in [-0.15, -0.1) is 0 Å². The van der Waals surface area contributed by atoms with E-state index in [9.17, 15) is 85.3 Å². The second-order valence-electron chi connectivity index (χ2n) is 27.9. The van der Waals surface area contributed by atoms with Gasteiger partial charge in [0, 0.05) is 31.3 Å². The summed E-state index contributed by atoms with van der Waals surface area (Å²) in [5, 5.41) is 132. The van der Waals surface area contributed by atoms with Gasteiger partial charge in [0.25, 0.3) is 0 Å². The predicted molar refractivity (Wildman–Crippen MR) is 298 cm³/mol. The first kappa shape index (κ1) is 69.6. The van der Waals surface area contributed by atoms with Gasteiger partial charge in [-0.3, -0.25) is 9.59 Å². The molecule has 4 saturated carbocycles. The molecule has 0 radical (unpaired) electrons. The van der Waals surface area contributed by atoms with Crippen LogP contribution >= 0.6 is 0 Å². The van der Waals surface area contributed by atoms with Crippen LogP contribution in [0, 0.1) is 50.2 Å². The van der Waals surface area contributed by atoms with Crippen molar-refractivity contribution in [3.8, 4) is 0 Å². The van der Waals surface area contributed by atoms with Crippen molar-refractivity contribution < 1.29 is 137 Å². The Bertz CT molecular complexity index is 2670. The Morgan fingerprint density at radius 2 is 1.36 bits per heavy atom. The number of ether oxygens (including phenoxy) is 11. The molecule has 5 aliphatic carbocycles. The van der Waals surface area contributed by atoms with Gasteiger partial charge in [-0.25, -0.2) is 9.59 Å². The lowest BCUT2D eigenvalue weighted by Gasteiger charge is -2.72. The van der Waals surface area contributed by atoms with Gasteiger partial charge in [0.2, 0.25) is 0 Å². The number of rotatable bonds is 16. The summed E-state index contributed by atoms with van der Waals surface area (Å²) in [7, 11) is 0. The minimum atomic E-state index is -2.29. The smallest absolute Gasteiger partial charge is 0.335 e. The van der Waals surface area contributed by atoms with Crippen LogP contribution < -0.4 is 0 Å². The van der Waals surface area contributed by atoms with Crippen LogP contribution in [-0.2, 0) is 76.1 Å². The first-order chi connectivity index (χ1) is 41.6. The van der Waals surface area contributed by atoms with Crippen LogP contribution in [0.15, 0.2) is 23.3 Å².